The standard InChI is InChI=1S/C17H23ClO2/c1-11(2)6-13-7-14(9-16(18)8-13)10-17(19)20-12(3)15-4-5-15/h7-9,11-12,15H,4-6,10H2,1-3H3. The summed E-state index contributed by atoms with van der Waals surface area (Å²) in [4.78, 5) is 11.9. The van der Waals surface area contributed by atoms with Crippen LogP contribution in [0.15, 0.2) is 18.2 Å². The van der Waals surface area contributed by atoms with Crippen molar-refractivity contribution in [3.8, 4) is 0 Å². The van der Waals surface area contributed by atoms with Crippen molar-refractivity contribution >= 4 is 17.6 Å². The summed E-state index contributed by atoms with van der Waals surface area (Å²) in [6, 6.07) is 5.90. The minimum Gasteiger partial charge on any atom is -0.462 e. The molecule has 110 valence electrons. The maximum absolute atomic E-state index is 11.9. The number of hydrogen-bond donors (Lipinski definition) is 0. The summed E-state index contributed by atoms with van der Waals surface area (Å²) in [7, 11) is 0. The molecule has 0 spiro atoms. The fraction of sp³-hybridized carbons (Fsp3) is 0.588. The number of rotatable bonds is 6. The first-order valence-corrected chi connectivity index (χ1v) is 7.79. The van der Waals surface area contributed by atoms with Crippen molar-refractivity contribution in [1.82, 2.24) is 0 Å². The Morgan fingerprint density at radius 2 is 1.90 bits per heavy atom. The molecule has 0 N–H and O–H groups in total. The van der Waals surface area contributed by atoms with E-state index in [1.165, 1.54) is 18.4 Å². The lowest BCUT2D eigenvalue weighted by atomic mass is 10.00. The molecule has 0 radical (unpaired) electrons. The number of ether oxygens (including phenoxy) is 1. The molecule has 0 aliphatic heterocycles. The van der Waals surface area contributed by atoms with Crippen LogP contribution in [0.2, 0.25) is 5.02 Å². The summed E-state index contributed by atoms with van der Waals surface area (Å²) in [5, 5.41) is 0.696. The Morgan fingerprint density at radius 3 is 2.50 bits per heavy atom. The van der Waals surface area contributed by atoms with Gasteiger partial charge in [-0.15, -0.1) is 0 Å². The highest BCUT2D eigenvalue weighted by molar-refractivity contribution is 6.30. The summed E-state index contributed by atoms with van der Waals surface area (Å²) in [6.45, 7) is 6.33. The van der Waals surface area contributed by atoms with Gasteiger partial charge in [-0.2, -0.15) is 0 Å². The molecule has 1 fully saturated rings. The SMILES string of the molecule is CC(C)Cc1cc(Cl)cc(CC(=O)OC(C)C2CC2)c1. The largest absolute Gasteiger partial charge is 0.462 e. The predicted molar refractivity (Wildman–Crippen MR) is 82.0 cm³/mol. The van der Waals surface area contributed by atoms with E-state index < -0.39 is 0 Å². The predicted octanol–water partition coefficient (Wildman–Crippen LogP) is 4.42. The van der Waals surface area contributed by atoms with Gasteiger partial charge in [0.2, 0.25) is 0 Å². The molecule has 0 heterocycles. The van der Waals surface area contributed by atoms with E-state index in [1.54, 1.807) is 0 Å². The third kappa shape index (κ3) is 4.82. The first-order valence-electron chi connectivity index (χ1n) is 7.42. The Kier molecular flexibility index (Phi) is 5.09. The van der Waals surface area contributed by atoms with Crippen LogP contribution in [0.5, 0.6) is 0 Å². The zero-order chi connectivity index (χ0) is 14.7. The van der Waals surface area contributed by atoms with E-state index in [2.05, 4.69) is 19.9 Å². The van der Waals surface area contributed by atoms with Gasteiger partial charge in [-0.25, -0.2) is 0 Å². The van der Waals surface area contributed by atoms with Crippen LogP contribution in [0.1, 0.15) is 44.7 Å². The molecular weight excluding hydrogens is 272 g/mol. The lowest BCUT2D eigenvalue weighted by molar-refractivity contribution is -0.148. The van der Waals surface area contributed by atoms with Crippen molar-refractivity contribution in [2.24, 2.45) is 11.8 Å². The molecule has 3 heteroatoms. The lowest BCUT2D eigenvalue weighted by Crippen LogP contribution is -2.18. The Bertz CT molecular complexity index is 478. The van der Waals surface area contributed by atoms with Crippen LogP contribution in [0, 0.1) is 11.8 Å². The highest BCUT2D eigenvalue weighted by Gasteiger charge is 2.30. The molecule has 1 saturated carbocycles. The molecule has 1 unspecified atom stereocenters. The summed E-state index contributed by atoms with van der Waals surface area (Å²) < 4.78 is 5.46. The number of halogens is 1. The zero-order valence-electron chi connectivity index (χ0n) is 12.5. The van der Waals surface area contributed by atoms with Gasteiger partial charge in [0, 0.05) is 5.02 Å². The van der Waals surface area contributed by atoms with Crippen LogP contribution in [0.4, 0.5) is 0 Å². The van der Waals surface area contributed by atoms with Gasteiger partial charge in [-0.05, 0) is 61.3 Å². The normalized spacial score (nSPS) is 16.2. The Morgan fingerprint density at radius 1 is 1.25 bits per heavy atom. The average molecular weight is 295 g/mol. The molecule has 1 atom stereocenters. The van der Waals surface area contributed by atoms with Gasteiger partial charge < -0.3 is 4.74 Å². The van der Waals surface area contributed by atoms with E-state index in [4.69, 9.17) is 16.3 Å². The molecule has 0 amide bonds. The molecule has 1 aliphatic rings. The quantitative estimate of drug-likeness (QED) is 0.726. The first kappa shape index (κ1) is 15.4. The van der Waals surface area contributed by atoms with E-state index in [9.17, 15) is 4.79 Å². The third-order valence-electron chi connectivity index (χ3n) is 3.61. The van der Waals surface area contributed by atoms with Gasteiger partial charge >= 0.3 is 5.97 Å². The molecule has 1 aromatic rings. The maximum Gasteiger partial charge on any atom is 0.310 e. The summed E-state index contributed by atoms with van der Waals surface area (Å²) in [6.07, 6.45) is 3.70. The van der Waals surface area contributed by atoms with Gasteiger partial charge in [0.15, 0.2) is 0 Å². The van der Waals surface area contributed by atoms with Crippen molar-refractivity contribution in [2.75, 3.05) is 0 Å². The number of carbonyl (C=O) groups excluding carboxylic acids is 1. The van der Waals surface area contributed by atoms with Crippen molar-refractivity contribution in [3.05, 3.63) is 34.3 Å². The molecule has 0 saturated heterocycles. The van der Waals surface area contributed by atoms with Crippen molar-refractivity contribution < 1.29 is 9.53 Å². The molecule has 1 aromatic carbocycles. The molecule has 20 heavy (non-hydrogen) atoms. The maximum atomic E-state index is 11.9. The van der Waals surface area contributed by atoms with Crippen LogP contribution in [-0.2, 0) is 22.4 Å². The Balaban J connectivity index is 1.96. The average Bonchev–Trinajstić information content (AvgIpc) is 3.09. The van der Waals surface area contributed by atoms with Crippen molar-refractivity contribution in [1.29, 1.82) is 0 Å². The fourth-order valence-corrected chi connectivity index (χ4v) is 2.77. The highest BCUT2D eigenvalue weighted by Crippen LogP contribution is 2.34. The van der Waals surface area contributed by atoms with E-state index in [-0.39, 0.29) is 12.1 Å². The van der Waals surface area contributed by atoms with Gasteiger partial charge in [0.1, 0.15) is 6.10 Å². The summed E-state index contributed by atoms with van der Waals surface area (Å²) >= 11 is 6.13. The van der Waals surface area contributed by atoms with Crippen LogP contribution >= 0.6 is 11.6 Å². The number of benzene rings is 1. The minimum atomic E-state index is -0.151. The second-order valence-electron chi connectivity index (χ2n) is 6.27. The second kappa shape index (κ2) is 6.62. The lowest BCUT2D eigenvalue weighted by Gasteiger charge is -2.13. The van der Waals surface area contributed by atoms with Crippen molar-refractivity contribution in [2.45, 2.75) is 52.6 Å². The molecule has 0 bridgehead atoms. The highest BCUT2D eigenvalue weighted by atomic mass is 35.5. The fourth-order valence-electron chi connectivity index (χ4n) is 2.49. The zero-order valence-corrected chi connectivity index (χ0v) is 13.2. The topological polar surface area (TPSA) is 26.3 Å². The van der Waals surface area contributed by atoms with Crippen LogP contribution in [0.25, 0.3) is 0 Å². The summed E-state index contributed by atoms with van der Waals surface area (Å²) in [5.74, 6) is 1.00. The van der Waals surface area contributed by atoms with Gasteiger partial charge in [0.25, 0.3) is 0 Å². The Hall–Kier alpha value is -1.02. The molecule has 2 nitrogen and oxygen atoms in total. The van der Waals surface area contributed by atoms with Gasteiger partial charge in [0.05, 0.1) is 6.42 Å². The smallest absolute Gasteiger partial charge is 0.310 e. The van der Waals surface area contributed by atoms with Crippen LogP contribution in [-0.4, -0.2) is 12.1 Å². The van der Waals surface area contributed by atoms with Gasteiger partial charge in [-0.1, -0.05) is 31.5 Å². The van der Waals surface area contributed by atoms with Gasteiger partial charge in [-0.3, -0.25) is 4.79 Å². The summed E-state index contributed by atoms with van der Waals surface area (Å²) in [5.41, 5.74) is 2.13. The number of hydrogen-bond acceptors (Lipinski definition) is 2. The molecule has 0 aromatic heterocycles. The van der Waals surface area contributed by atoms with E-state index >= 15 is 0 Å². The van der Waals surface area contributed by atoms with Crippen LogP contribution in [0.3, 0.4) is 0 Å². The van der Waals surface area contributed by atoms with E-state index in [1.807, 2.05) is 19.1 Å². The molecule has 2 rings (SSSR count). The number of carbonyl (C=O) groups is 1. The monoisotopic (exact) mass is 294 g/mol. The molecular formula is C17H23ClO2. The molecule has 1 aliphatic carbocycles. The first-order chi connectivity index (χ1) is 9.44. The minimum absolute atomic E-state index is 0.0526. The van der Waals surface area contributed by atoms with Crippen molar-refractivity contribution in [3.63, 3.8) is 0 Å². The van der Waals surface area contributed by atoms with E-state index in [0.29, 0.717) is 23.3 Å². The van der Waals surface area contributed by atoms with E-state index in [0.717, 1.165) is 12.0 Å². The number of esters is 1. The second-order valence-corrected chi connectivity index (χ2v) is 6.71. The third-order valence-corrected chi connectivity index (χ3v) is 3.83. The Labute approximate surface area is 126 Å². The van der Waals surface area contributed by atoms with Crippen LogP contribution < -0.4 is 0 Å².